The van der Waals surface area contributed by atoms with Gasteiger partial charge in [0.25, 0.3) is 0 Å². The van der Waals surface area contributed by atoms with Gasteiger partial charge in [0.1, 0.15) is 12.7 Å². The van der Waals surface area contributed by atoms with E-state index in [2.05, 4.69) is 24.1 Å². The van der Waals surface area contributed by atoms with E-state index in [0.29, 0.717) is 18.7 Å². The molecule has 0 bridgehead atoms. The fourth-order valence-corrected chi connectivity index (χ4v) is 2.77. The molecule has 4 nitrogen and oxygen atoms in total. The number of piperazine rings is 1. The molecule has 104 valence electrons. The number of benzene rings is 1. The van der Waals surface area contributed by atoms with E-state index in [1.165, 1.54) is 0 Å². The van der Waals surface area contributed by atoms with Gasteiger partial charge < -0.3 is 14.8 Å². The molecule has 2 aliphatic heterocycles. The van der Waals surface area contributed by atoms with E-state index in [9.17, 15) is 0 Å². The Labute approximate surface area is 114 Å². The van der Waals surface area contributed by atoms with Crippen LogP contribution in [0.15, 0.2) is 24.3 Å². The maximum Gasteiger partial charge on any atom is 0.161 e. The molecule has 1 fully saturated rings. The molecule has 1 N–H and O–H groups in total. The zero-order chi connectivity index (χ0) is 13.2. The zero-order valence-electron chi connectivity index (χ0n) is 11.6. The predicted molar refractivity (Wildman–Crippen MR) is 74.9 cm³/mol. The van der Waals surface area contributed by atoms with Crippen LogP contribution in [0, 0.1) is 0 Å². The Hall–Kier alpha value is -1.26. The van der Waals surface area contributed by atoms with Gasteiger partial charge in [-0.2, -0.15) is 0 Å². The molecule has 1 aromatic rings. The highest BCUT2D eigenvalue weighted by Crippen LogP contribution is 2.31. The van der Waals surface area contributed by atoms with Gasteiger partial charge in [-0.25, -0.2) is 0 Å². The van der Waals surface area contributed by atoms with E-state index < -0.39 is 0 Å². The average molecular weight is 262 g/mol. The van der Waals surface area contributed by atoms with Crippen LogP contribution in [0.1, 0.15) is 13.8 Å². The lowest BCUT2D eigenvalue weighted by Gasteiger charge is -2.40. The van der Waals surface area contributed by atoms with E-state index in [4.69, 9.17) is 9.47 Å². The summed E-state index contributed by atoms with van der Waals surface area (Å²) in [6.45, 7) is 8.18. The Morgan fingerprint density at radius 1 is 1.26 bits per heavy atom. The topological polar surface area (TPSA) is 33.7 Å². The molecule has 0 spiro atoms. The Kier molecular flexibility index (Phi) is 3.62. The maximum atomic E-state index is 6.03. The van der Waals surface area contributed by atoms with E-state index in [0.717, 1.165) is 31.1 Å². The maximum absolute atomic E-state index is 6.03. The summed E-state index contributed by atoms with van der Waals surface area (Å²) in [5.41, 5.74) is 0. The number of ether oxygens (including phenoxy) is 2. The Morgan fingerprint density at radius 3 is 2.89 bits per heavy atom. The van der Waals surface area contributed by atoms with E-state index in [1.807, 2.05) is 24.3 Å². The summed E-state index contributed by atoms with van der Waals surface area (Å²) in [6.07, 6.45) is 0.127. The number of fused-ring (bicyclic) bond motifs is 1. The first-order chi connectivity index (χ1) is 9.22. The molecule has 3 unspecified atom stereocenters. The molecule has 0 amide bonds. The fourth-order valence-electron chi connectivity index (χ4n) is 2.77. The lowest BCUT2D eigenvalue weighted by Crippen LogP contribution is -2.57. The van der Waals surface area contributed by atoms with E-state index in [1.54, 1.807) is 0 Å². The summed E-state index contributed by atoms with van der Waals surface area (Å²) in [7, 11) is 0. The van der Waals surface area contributed by atoms with Crippen LogP contribution in [0.5, 0.6) is 11.5 Å². The normalized spacial score (nSPS) is 31.2. The first kappa shape index (κ1) is 12.8. The van der Waals surface area contributed by atoms with Crippen molar-refractivity contribution in [1.29, 1.82) is 0 Å². The molecule has 0 aromatic heterocycles. The first-order valence-corrected chi connectivity index (χ1v) is 7.08. The number of para-hydroxylation sites is 2. The van der Waals surface area contributed by atoms with Crippen LogP contribution in [0.25, 0.3) is 0 Å². The molecule has 19 heavy (non-hydrogen) atoms. The highest BCUT2D eigenvalue weighted by Gasteiger charge is 2.28. The van der Waals surface area contributed by atoms with Gasteiger partial charge >= 0.3 is 0 Å². The van der Waals surface area contributed by atoms with Gasteiger partial charge in [0, 0.05) is 31.7 Å². The minimum Gasteiger partial charge on any atom is -0.486 e. The zero-order valence-corrected chi connectivity index (χ0v) is 11.6. The molecular formula is C15H22N2O2. The Balaban J connectivity index is 1.62. The van der Waals surface area contributed by atoms with Crippen LogP contribution in [0.2, 0.25) is 0 Å². The van der Waals surface area contributed by atoms with Crippen LogP contribution in [-0.4, -0.2) is 49.3 Å². The average Bonchev–Trinajstić information content (AvgIpc) is 2.43. The van der Waals surface area contributed by atoms with Gasteiger partial charge in [-0.3, -0.25) is 4.90 Å². The van der Waals surface area contributed by atoms with Crippen LogP contribution in [-0.2, 0) is 0 Å². The van der Waals surface area contributed by atoms with Crippen molar-refractivity contribution < 1.29 is 9.47 Å². The molecule has 1 saturated heterocycles. The molecule has 2 aliphatic rings. The van der Waals surface area contributed by atoms with Crippen molar-refractivity contribution in [3.63, 3.8) is 0 Å². The third-order valence-corrected chi connectivity index (χ3v) is 3.90. The van der Waals surface area contributed by atoms with Crippen molar-refractivity contribution >= 4 is 0 Å². The highest BCUT2D eigenvalue weighted by atomic mass is 16.6. The van der Waals surface area contributed by atoms with Crippen LogP contribution < -0.4 is 14.8 Å². The second kappa shape index (κ2) is 5.39. The monoisotopic (exact) mass is 262 g/mol. The summed E-state index contributed by atoms with van der Waals surface area (Å²) in [5.74, 6) is 1.73. The number of hydrogen-bond acceptors (Lipinski definition) is 4. The van der Waals surface area contributed by atoms with Crippen molar-refractivity contribution in [1.82, 2.24) is 10.2 Å². The van der Waals surface area contributed by atoms with Crippen LogP contribution in [0.3, 0.4) is 0 Å². The smallest absolute Gasteiger partial charge is 0.161 e. The van der Waals surface area contributed by atoms with Gasteiger partial charge in [0.15, 0.2) is 11.5 Å². The summed E-state index contributed by atoms with van der Waals surface area (Å²) >= 11 is 0. The molecule has 1 aromatic carbocycles. The first-order valence-electron chi connectivity index (χ1n) is 7.08. The van der Waals surface area contributed by atoms with Gasteiger partial charge in [0.05, 0.1) is 0 Å². The van der Waals surface area contributed by atoms with Gasteiger partial charge in [-0.15, -0.1) is 0 Å². The minimum absolute atomic E-state index is 0.127. The highest BCUT2D eigenvalue weighted by molar-refractivity contribution is 5.40. The Bertz CT molecular complexity index is 438. The van der Waals surface area contributed by atoms with Crippen LogP contribution >= 0.6 is 0 Å². The van der Waals surface area contributed by atoms with Gasteiger partial charge in [-0.1, -0.05) is 12.1 Å². The molecule has 3 rings (SSSR count). The van der Waals surface area contributed by atoms with Gasteiger partial charge in [0.2, 0.25) is 0 Å². The molecular weight excluding hydrogens is 240 g/mol. The van der Waals surface area contributed by atoms with Crippen molar-refractivity contribution in [3.05, 3.63) is 24.3 Å². The van der Waals surface area contributed by atoms with E-state index >= 15 is 0 Å². The number of rotatable bonds is 2. The quantitative estimate of drug-likeness (QED) is 0.876. The molecule has 3 atom stereocenters. The van der Waals surface area contributed by atoms with Crippen molar-refractivity contribution in [2.45, 2.75) is 32.0 Å². The van der Waals surface area contributed by atoms with Crippen molar-refractivity contribution in [2.24, 2.45) is 0 Å². The Morgan fingerprint density at radius 2 is 2.05 bits per heavy atom. The predicted octanol–water partition coefficient (Wildman–Crippen LogP) is 1.51. The van der Waals surface area contributed by atoms with Crippen LogP contribution in [0.4, 0.5) is 0 Å². The molecule has 0 aliphatic carbocycles. The SMILES string of the molecule is CC1CN(CC2COc3ccccc3O2)C(C)CN1. The number of hydrogen-bond donors (Lipinski definition) is 1. The number of nitrogens with zero attached hydrogens (tertiary/aromatic N) is 1. The molecule has 0 radical (unpaired) electrons. The van der Waals surface area contributed by atoms with Crippen molar-refractivity contribution in [2.75, 3.05) is 26.2 Å². The third-order valence-electron chi connectivity index (χ3n) is 3.90. The second-order valence-electron chi connectivity index (χ2n) is 5.61. The molecule has 0 saturated carbocycles. The largest absolute Gasteiger partial charge is 0.486 e. The lowest BCUT2D eigenvalue weighted by atomic mass is 10.1. The van der Waals surface area contributed by atoms with Gasteiger partial charge in [-0.05, 0) is 26.0 Å². The summed E-state index contributed by atoms with van der Waals surface area (Å²) in [4.78, 5) is 2.49. The molecule has 4 heteroatoms. The lowest BCUT2D eigenvalue weighted by molar-refractivity contribution is 0.0352. The number of nitrogens with one attached hydrogen (secondary N) is 1. The van der Waals surface area contributed by atoms with Crippen molar-refractivity contribution in [3.8, 4) is 11.5 Å². The second-order valence-corrected chi connectivity index (χ2v) is 5.61. The fraction of sp³-hybridized carbons (Fsp3) is 0.600. The third kappa shape index (κ3) is 2.85. The summed E-state index contributed by atoms with van der Waals surface area (Å²) < 4.78 is 11.8. The standard InChI is InChI=1S/C15H22N2O2/c1-11-8-17(12(2)7-16-11)9-13-10-18-14-5-3-4-6-15(14)19-13/h3-6,11-13,16H,7-10H2,1-2H3. The summed E-state index contributed by atoms with van der Waals surface area (Å²) in [5, 5.41) is 3.50. The van der Waals surface area contributed by atoms with E-state index in [-0.39, 0.29) is 6.10 Å². The summed E-state index contributed by atoms with van der Waals surface area (Å²) in [6, 6.07) is 9.00. The molecule has 2 heterocycles. The minimum atomic E-state index is 0.127.